The van der Waals surface area contributed by atoms with Gasteiger partial charge in [-0.25, -0.2) is 4.79 Å². The molecule has 1 aromatic carbocycles. The van der Waals surface area contributed by atoms with Crippen LogP contribution in [0.25, 0.3) is 10.8 Å². The Morgan fingerprint density at radius 1 is 1.35 bits per heavy atom. The van der Waals surface area contributed by atoms with Gasteiger partial charge in [-0.05, 0) is 19.9 Å². The molecular weight excluding hydrogens is 226 g/mol. The van der Waals surface area contributed by atoms with Crippen LogP contribution in [0.15, 0.2) is 20.2 Å². The maximum atomic E-state index is 11.9. The fourth-order valence-electron chi connectivity index (χ4n) is 1.75. The summed E-state index contributed by atoms with van der Waals surface area (Å²) < 4.78 is 5.71. The molecule has 90 valence electrons. The van der Waals surface area contributed by atoms with E-state index in [-0.39, 0.29) is 22.9 Å². The minimum absolute atomic E-state index is 0.00463. The van der Waals surface area contributed by atoms with Gasteiger partial charge in [-0.15, -0.1) is 0 Å². The predicted molar refractivity (Wildman–Crippen MR) is 60.5 cm³/mol. The monoisotopic (exact) mass is 237 g/mol. The van der Waals surface area contributed by atoms with Gasteiger partial charge in [0.05, 0.1) is 17.3 Å². The van der Waals surface area contributed by atoms with E-state index in [1.807, 2.05) is 0 Å². The first kappa shape index (κ1) is 11.3. The lowest BCUT2D eigenvalue weighted by Gasteiger charge is -2.07. The van der Waals surface area contributed by atoms with Gasteiger partial charge >= 0.3 is 5.63 Å². The van der Waals surface area contributed by atoms with Gasteiger partial charge in [0.15, 0.2) is 11.5 Å². The third-order valence-electron chi connectivity index (χ3n) is 2.66. The SMILES string of the molecule is CCn1oc(=O)c2c(C)c(O)c(O)cc2c1=O. The first-order valence-electron chi connectivity index (χ1n) is 5.07. The molecule has 0 unspecified atom stereocenters. The number of hydrogen-bond acceptors (Lipinski definition) is 5. The van der Waals surface area contributed by atoms with Gasteiger partial charge in [0.25, 0.3) is 5.56 Å². The van der Waals surface area contributed by atoms with Crippen molar-refractivity contribution in [2.24, 2.45) is 0 Å². The summed E-state index contributed by atoms with van der Waals surface area (Å²) >= 11 is 0. The van der Waals surface area contributed by atoms with Crippen molar-refractivity contribution in [1.82, 2.24) is 4.74 Å². The summed E-state index contributed by atoms with van der Waals surface area (Å²) in [6.07, 6.45) is 0. The standard InChI is InChI=1S/C11H11NO5/c1-3-12-10(15)6-4-7(13)9(14)5(2)8(6)11(16)17-12/h4,13-14H,3H2,1-2H3. The quantitative estimate of drug-likeness (QED) is 0.712. The minimum Gasteiger partial charge on any atom is -0.504 e. The van der Waals surface area contributed by atoms with Crippen LogP contribution in [0, 0.1) is 6.92 Å². The second kappa shape index (κ2) is 3.65. The molecule has 6 heteroatoms. The van der Waals surface area contributed by atoms with E-state index in [0.29, 0.717) is 0 Å². The van der Waals surface area contributed by atoms with Gasteiger partial charge < -0.3 is 14.7 Å². The zero-order valence-electron chi connectivity index (χ0n) is 9.35. The van der Waals surface area contributed by atoms with E-state index in [4.69, 9.17) is 4.52 Å². The van der Waals surface area contributed by atoms with Crippen molar-refractivity contribution >= 4 is 10.8 Å². The average Bonchev–Trinajstić information content (AvgIpc) is 2.30. The predicted octanol–water partition coefficient (Wildman–Crippen LogP) is 0.694. The van der Waals surface area contributed by atoms with Crippen molar-refractivity contribution in [3.05, 3.63) is 32.4 Å². The topological polar surface area (TPSA) is 92.7 Å². The second-order valence-corrected chi connectivity index (χ2v) is 3.67. The molecule has 0 radical (unpaired) electrons. The molecule has 0 bridgehead atoms. The molecule has 17 heavy (non-hydrogen) atoms. The molecule has 6 nitrogen and oxygen atoms in total. The molecule has 0 fully saturated rings. The fourth-order valence-corrected chi connectivity index (χ4v) is 1.75. The summed E-state index contributed by atoms with van der Waals surface area (Å²) in [7, 11) is 0. The zero-order valence-corrected chi connectivity index (χ0v) is 9.35. The maximum absolute atomic E-state index is 11.9. The number of aryl methyl sites for hydroxylation is 2. The van der Waals surface area contributed by atoms with Crippen LogP contribution in [0.5, 0.6) is 11.5 Å². The lowest BCUT2D eigenvalue weighted by Crippen LogP contribution is -2.24. The van der Waals surface area contributed by atoms with E-state index < -0.39 is 22.7 Å². The molecule has 1 heterocycles. The highest BCUT2D eigenvalue weighted by atomic mass is 16.5. The first-order chi connectivity index (χ1) is 7.97. The van der Waals surface area contributed by atoms with Crippen molar-refractivity contribution in [2.75, 3.05) is 0 Å². The molecule has 0 aliphatic heterocycles. The van der Waals surface area contributed by atoms with Gasteiger partial charge in [0.2, 0.25) is 0 Å². The number of aromatic hydroxyl groups is 2. The van der Waals surface area contributed by atoms with E-state index in [2.05, 4.69) is 0 Å². The maximum Gasteiger partial charge on any atom is 0.364 e. The lowest BCUT2D eigenvalue weighted by molar-refractivity contribution is 0.235. The molecule has 0 saturated carbocycles. The largest absolute Gasteiger partial charge is 0.504 e. The molecule has 0 atom stereocenters. The lowest BCUT2D eigenvalue weighted by atomic mass is 10.1. The zero-order chi connectivity index (χ0) is 12.7. The molecule has 0 saturated heterocycles. The van der Waals surface area contributed by atoms with E-state index >= 15 is 0 Å². The Morgan fingerprint density at radius 3 is 2.59 bits per heavy atom. The van der Waals surface area contributed by atoms with Crippen molar-refractivity contribution in [2.45, 2.75) is 20.4 Å². The Balaban J connectivity index is 3.12. The summed E-state index contributed by atoms with van der Waals surface area (Å²) in [5.74, 6) is -0.848. The highest BCUT2D eigenvalue weighted by molar-refractivity contribution is 5.87. The number of fused-ring (bicyclic) bond motifs is 1. The van der Waals surface area contributed by atoms with Gasteiger partial charge in [-0.3, -0.25) is 4.79 Å². The molecule has 0 aliphatic carbocycles. The van der Waals surface area contributed by atoms with Crippen molar-refractivity contribution in [3.8, 4) is 11.5 Å². The Kier molecular flexibility index (Phi) is 2.42. The Hall–Kier alpha value is -2.24. The summed E-state index contributed by atoms with van der Waals surface area (Å²) in [6, 6.07) is 1.07. The van der Waals surface area contributed by atoms with Crippen LogP contribution >= 0.6 is 0 Å². The number of benzene rings is 1. The van der Waals surface area contributed by atoms with E-state index in [1.54, 1.807) is 6.92 Å². The molecule has 2 N–H and O–H groups in total. The third-order valence-corrected chi connectivity index (χ3v) is 2.66. The number of phenols is 2. The van der Waals surface area contributed by atoms with Gasteiger partial charge in [-0.1, -0.05) is 0 Å². The minimum atomic E-state index is -0.714. The second-order valence-electron chi connectivity index (χ2n) is 3.67. The van der Waals surface area contributed by atoms with Crippen LogP contribution in [0.4, 0.5) is 0 Å². The summed E-state index contributed by atoms with van der Waals surface area (Å²) in [4.78, 5) is 23.5. The average molecular weight is 237 g/mol. The molecule has 0 amide bonds. The fraction of sp³-hybridized carbons (Fsp3) is 0.273. The van der Waals surface area contributed by atoms with Crippen LogP contribution in [0.1, 0.15) is 12.5 Å². The number of phenolic OH excluding ortho intramolecular Hbond substituents is 2. The Bertz CT molecular complexity index is 710. The molecule has 2 rings (SSSR count). The molecular formula is C11H11NO5. The van der Waals surface area contributed by atoms with Crippen LogP contribution in [0.2, 0.25) is 0 Å². The van der Waals surface area contributed by atoms with Gasteiger partial charge in [0.1, 0.15) is 0 Å². The summed E-state index contributed by atoms with van der Waals surface area (Å²) in [5.41, 5.74) is -1.09. The van der Waals surface area contributed by atoms with Crippen LogP contribution in [0.3, 0.4) is 0 Å². The van der Waals surface area contributed by atoms with Crippen LogP contribution in [-0.4, -0.2) is 15.0 Å². The van der Waals surface area contributed by atoms with E-state index in [9.17, 15) is 19.8 Å². The Morgan fingerprint density at radius 2 is 2.00 bits per heavy atom. The normalized spacial score (nSPS) is 10.9. The molecule has 1 aromatic heterocycles. The van der Waals surface area contributed by atoms with Gasteiger partial charge in [0, 0.05) is 5.56 Å². The highest BCUT2D eigenvalue weighted by Crippen LogP contribution is 2.32. The summed E-state index contributed by atoms with van der Waals surface area (Å²) in [5, 5.41) is 19.0. The summed E-state index contributed by atoms with van der Waals surface area (Å²) in [6.45, 7) is 3.30. The smallest absolute Gasteiger partial charge is 0.364 e. The Labute approximate surface area is 95.3 Å². The third kappa shape index (κ3) is 1.49. The number of rotatable bonds is 1. The highest BCUT2D eigenvalue weighted by Gasteiger charge is 2.16. The number of hydrogen-bond donors (Lipinski definition) is 2. The van der Waals surface area contributed by atoms with Crippen molar-refractivity contribution < 1.29 is 14.7 Å². The first-order valence-corrected chi connectivity index (χ1v) is 5.07. The number of aromatic nitrogens is 1. The van der Waals surface area contributed by atoms with Crippen LogP contribution in [-0.2, 0) is 6.54 Å². The number of nitrogens with zero attached hydrogens (tertiary/aromatic N) is 1. The van der Waals surface area contributed by atoms with E-state index in [0.717, 1.165) is 10.8 Å². The molecule has 0 spiro atoms. The molecule has 2 aromatic rings. The van der Waals surface area contributed by atoms with E-state index in [1.165, 1.54) is 6.92 Å². The van der Waals surface area contributed by atoms with Gasteiger partial charge in [-0.2, -0.15) is 4.74 Å². The van der Waals surface area contributed by atoms with Crippen molar-refractivity contribution in [1.29, 1.82) is 0 Å². The van der Waals surface area contributed by atoms with Crippen LogP contribution < -0.4 is 11.2 Å². The molecule has 0 aliphatic rings. The van der Waals surface area contributed by atoms with Crippen molar-refractivity contribution in [3.63, 3.8) is 0 Å².